The summed E-state index contributed by atoms with van der Waals surface area (Å²) in [7, 11) is 0. The van der Waals surface area contributed by atoms with Crippen LogP contribution in [0.25, 0.3) is 11.4 Å². The van der Waals surface area contributed by atoms with Crippen molar-refractivity contribution in [1.82, 2.24) is 15.0 Å². The SMILES string of the molecule is CCCCC=CCCOc1ccc(-c2noc(C3CCCN3C(=N)N)n2)cc1C(F)(F)F. The van der Waals surface area contributed by atoms with E-state index in [2.05, 4.69) is 17.1 Å². The van der Waals surface area contributed by atoms with Crippen molar-refractivity contribution in [2.24, 2.45) is 5.73 Å². The predicted octanol–water partition coefficient (Wildman–Crippen LogP) is 5.30. The van der Waals surface area contributed by atoms with Crippen LogP contribution in [0.15, 0.2) is 34.9 Å². The Kier molecular flexibility index (Phi) is 7.76. The number of allylic oxidation sites excluding steroid dienone is 1. The normalized spacial score (nSPS) is 16.8. The Bertz CT molecular complexity index is 942. The average Bonchev–Trinajstić information content (AvgIpc) is 3.42. The van der Waals surface area contributed by atoms with E-state index in [9.17, 15) is 13.2 Å². The van der Waals surface area contributed by atoms with E-state index in [1.54, 1.807) is 4.90 Å². The zero-order chi connectivity index (χ0) is 23.1. The number of alkyl halides is 3. The van der Waals surface area contributed by atoms with Gasteiger partial charge in [-0.15, -0.1) is 0 Å². The molecule has 1 atom stereocenters. The molecule has 1 aliphatic heterocycles. The maximum absolute atomic E-state index is 13.6. The molecule has 0 amide bonds. The van der Waals surface area contributed by atoms with Crippen LogP contribution < -0.4 is 10.5 Å². The third-order valence-electron chi connectivity index (χ3n) is 5.27. The number of guanidine groups is 1. The summed E-state index contributed by atoms with van der Waals surface area (Å²) in [4.78, 5) is 5.90. The van der Waals surface area contributed by atoms with Crippen molar-refractivity contribution in [2.75, 3.05) is 13.2 Å². The van der Waals surface area contributed by atoms with Crippen LogP contribution in [0.5, 0.6) is 5.75 Å². The molecule has 1 unspecified atom stereocenters. The highest BCUT2D eigenvalue weighted by molar-refractivity contribution is 5.75. The highest BCUT2D eigenvalue weighted by atomic mass is 19.4. The van der Waals surface area contributed by atoms with Crippen LogP contribution >= 0.6 is 0 Å². The van der Waals surface area contributed by atoms with Crippen LogP contribution in [0, 0.1) is 5.41 Å². The minimum atomic E-state index is -4.59. The molecule has 32 heavy (non-hydrogen) atoms. The summed E-state index contributed by atoms with van der Waals surface area (Å²) in [5.74, 6) is -0.0541. The Balaban J connectivity index is 1.74. The maximum atomic E-state index is 13.6. The largest absolute Gasteiger partial charge is 0.493 e. The van der Waals surface area contributed by atoms with Crippen molar-refractivity contribution in [1.29, 1.82) is 5.41 Å². The van der Waals surface area contributed by atoms with Gasteiger partial charge in [0.2, 0.25) is 11.7 Å². The number of likely N-dealkylation sites (tertiary alicyclic amines) is 1. The van der Waals surface area contributed by atoms with E-state index in [1.807, 2.05) is 12.2 Å². The molecular weight excluding hydrogens is 423 g/mol. The predicted molar refractivity (Wildman–Crippen MR) is 114 cm³/mol. The number of unbranched alkanes of at least 4 members (excludes halogenated alkanes) is 2. The fourth-order valence-corrected chi connectivity index (χ4v) is 3.61. The molecule has 1 aromatic carbocycles. The minimum absolute atomic E-state index is 0.0475. The first-order valence-electron chi connectivity index (χ1n) is 10.7. The van der Waals surface area contributed by atoms with Crippen LogP contribution in [0.2, 0.25) is 0 Å². The van der Waals surface area contributed by atoms with Gasteiger partial charge in [0.25, 0.3) is 0 Å². The molecule has 1 fully saturated rings. The van der Waals surface area contributed by atoms with E-state index < -0.39 is 11.7 Å². The lowest BCUT2D eigenvalue weighted by Gasteiger charge is -2.21. The van der Waals surface area contributed by atoms with Crippen molar-refractivity contribution in [3.8, 4) is 17.1 Å². The van der Waals surface area contributed by atoms with Gasteiger partial charge in [0.1, 0.15) is 11.8 Å². The lowest BCUT2D eigenvalue weighted by atomic mass is 10.1. The van der Waals surface area contributed by atoms with Crippen LogP contribution in [-0.4, -0.2) is 34.2 Å². The number of rotatable bonds is 9. The number of nitrogens with two attached hydrogens (primary N) is 1. The topological polar surface area (TPSA) is 101 Å². The number of halogens is 3. The summed E-state index contributed by atoms with van der Waals surface area (Å²) < 4.78 is 51.6. The first-order chi connectivity index (χ1) is 15.3. The van der Waals surface area contributed by atoms with Crippen molar-refractivity contribution < 1.29 is 22.4 Å². The Morgan fingerprint density at radius 1 is 1.34 bits per heavy atom. The highest BCUT2D eigenvalue weighted by Crippen LogP contribution is 2.39. The van der Waals surface area contributed by atoms with E-state index in [1.165, 1.54) is 12.1 Å². The van der Waals surface area contributed by atoms with Gasteiger partial charge in [0.15, 0.2) is 5.96 Å². The Labute approximate surface area is 184 Å². The van der Waals surface area contributed by atoms with Gasteiger partial charge in [0.05, 0.1) is 12.2 Å². The van der Waals surface area contributed by atoms with Crippen molar-refractivity contribution in [3.63, 3.8) is 0 Å². The second-order valence-corrected chi connectivity index (χ2v) is 7.65. The summed E-state index contributed by atoms with van der Waals surface area (Å²) in [5.41, 5.74) is 4.87. The Morgan fingerprint density at radius 3 is 2.84 bits per heavy atom. The number of ether oxygens (including phenoxy) is 1. The Morgan fingerprint density at radius 2 is 2.12 bits per heavy atom. The first-order valence-corrected chi connectivity index (χ1v) is 10.7. The molecular formula is C22H28F3N5O2. The quantitative estimate of drug-likeness (QED) is 0.232. The lowest BCUT2D eigenvalue weighted by Crippen LogP contribution is -2.35. The van der Waals surface area contributed by atoms with Gasteiger partial charge in [0, 0.05) is 12.1 Å². The van der Waals surface area contributed by atoms with Gasteiger partial charge in [-0.3, -0.25) is 5.41 Å². The monoisotopic (exact) mass is 451 g/mol. The number of nitrogens with one attached hydrogen (secondary N) is 1. The standard InChI is InChI=1S/C22H28F3N5O2/c1-2-3-4-5-6-7-13-31-18-11-10-15(14-16(18)22(23,24)25)19-28-20(32-29-19)17-9-8-12-30(17)21(26)27/h5-6,10-11,14,17H,2-4,7-9,12-13H2,1H3,(H3,26,27). The first kappa shape index (κ1) is 23.6. The average molecular weight is 451 g/mol. The van der Waals surface area contributed by atoms with Crippen molar-refractivity contribution in [2.45, 2.75) is 57.7 Å². The molecule has 0 radical (unpaired) electrons. The van der Waals surface area contributed by atoms with Gasteiger partial charge in [-0.25, -0.2) is 0 Å². The fourth-order valence-electron chi connectivity index (χ4n) is 3.61. The summed E-state index contributed by atoms with van der Waals surface area (Å²) >= 11 is 0. The van der Waals surface area contributed by atoms with E-state index >= 15 is 0 Å². The van der Waals surface area contributed by atoms with Gasteiger partial charge < -0.3 is 19.9 Å². The number of benzene rings is 1. The second kappa shape index (κ2) is 10.5. The smallest absolute Gasteiger partial charge is 0.419 e. The van der Waals surface area contributed by atoms with E-state index in [-0.39, 0.29) is 41.6 Å². The third-order valence-corrected chi connectivity index (χ3v) is 5.27. The molecule has 1 saturated heterocycles. The van der Waals surface area contributed by atoms with Crippen LogP contribution in [-0.2, 0) is 6.18 Å². The molecule has 0 bridgehead atoms. The molecule has 2 aromatic rings. The lowest BCUT2D eigenvalue weighted by molar-refractivity contribution is -0.138. The maximum Gasteiger partial charge on any atom is 0.419 e. The molecule has 2 heterocycles. The highest BCUT2D eigenvalue weighted by Gasteiger charge is 2.36. The van der Waals surface area contributed by atoms with Gasteiger partial charge in [-0.05, 0) is 43.9 Å². The Hall–Kier alpha value is -3.04. The molecule has 7 nitrogen and oxygen atoms in total. The summed E-state index contributed by atoms with van der Waals surface area (Å²) in [6, 6.07) is 3.39. The molecule has 0 spiro atoms. The van der Waals surface area contributed by atoms with Gasteiger partial charge in [-0.1, -0.05) is 37.1 Å². The molecule has 3 rings (SSSR count). The van der Waals surface area contributed by atoms with E-state index in [4.69, 9.17) is 20.4 Å². The number of hydrogen-bond donors (Lipinski definition) is 2. The van der Waals surface area contributed by atoms with Gasteiger partial charge >= 0.3 is 6.18 Å². The summed E-state index contributed by atoms with van der Waals surface area (Å²) in [6.07, 6.45) is 4.50. The van der Waals surface area contributed by atoms with Crippen molar-refractivity contribution >= 4 is 5.96 Å². The second-order valence-electron chi connectivity index (χ2n) is 7.65. The number of hydrogen-bond acceptors (Lipinski definition) is 5. The molecule has 1 aliphatic rings. The van der Waals surface area contributed by atoms with Crippen LogP contribution in [0.3, 0.4) is 0 Å². The molecule has 0 aliphatic carbocycles. The van der Waals surface area contributed by atoms with Crippen molar-refractivity contribution in [3.05, 3.63) is 41.8 Å². The molecule has 3 N–H and O–H groups in total. The third kappa shape index (κ3) is 5.80. The molecule has 0 saturated carbocycles. The summed E-state index contributed by atoms with van der Waals surface area (Å²) in [6.45, 7) is 2.85. The number of aromatic nitrogens is 2. The molecule has 1 aromatic heterocycles. The van der Waals surface area contributed by atoms with Crippen LogP contribution in [0.1, 0.15) is 62.9 Å². The minimum Gasteiger partial charge on any atom is -0.493 e. The zero-order valence-corrected chi connectivity index (χ0v) is 18.0. The van der Waals surface area contributed by atoms with Crippen LogP contribution in [0.4, 0.5) is 13.2 Å². The summed E-state index contributed by atoms with van der Waals surface area (Å²) in [5, 5.41) is 11.5. The molecule has 174 valence electrons. The zero-order valence-electron chi connectivity index (χ0n) is 18.0. The molecule has 10 heteroatoms. The number of nitrogens with zero attached hydrogens (tertiary/aromatic N) is 3. The fraction of sp³-hybridized carbons (Fsp3) is 0.500. The van der Waals surface area contributed by atoms with E-state index in [0.29, 0.717) is 19.4 Å². The van der Waals surface area contributed by atoms with Gasteiger partial charge in [-0.2, -0.15) is 18.2 Å². The van der Waals surface area contributed by atoms with E-state index in [0.717, 1.165) is 31.7 Å².